The zero-order valence-electron chi connectivity index (χ0n) is 11.3. The van der Waals surface area contributed by atoms with Crippen molar-refractivity contribution in [1.29, 1.82) is 0 Å². The van der Waals surface area contributed by atoms with Gasteiger partial charge in [0.05, 0.1) is 5.56 Å². The summed E-state index contributed by atoms with van der Waals surface area (Å²) in [6.45, 7) is 0. The molecule has 0 aliphatic rings. The number of nitrogens with one attached hydrogen (secondary N) is 1. The van der Waals surface area contributed by atoms with Gasteiger partial charge in [0.25, 0.3) is 0 Å². The van der Waals surface area contributed by atoms with Gasteiger partial charge >= 0.3 is 0 Å². The van der Waals surface area contributed by atoms with Crippen molar-refractivity contribution >= 4 is 23.0 Å². The molecule has 0 saturated heterocycles. The molecule has 0 aromatic heterocycles. The fourth-order valence-electron chi connectivity index (χ4n) is 1.87. The third kappa shape index (κ3) is 3.67. The topological polar surface area (TPSA) is 40.0 Å². The molecule has 0 unspecified atom stereocenters. The van der Waals surface area contributed by atoms with Crippen LogP contribution in [0.25, 0.3) is 5.70 Å². The van der Waals surface area contributed by atoms with Crippen molar-refractivity contribution in [3.63, 3.8) is 0 Å². The number of benzene rings is 2. The van der Waals surface area contributed by atoms with Gasteiger partial charge in [-0.05, 0) is 29.8 Å². The molecule has 2 aromatic rings. The number of nitrogens with two attached hydrogens (primary N) is 1. The van der Waals surface area contributed by atoms with Gasteiger partial charge in [0.1, 0.15) is 18.7 Å². The van der Waals surface area contributed by atoms with Crippen LogP contribution in [0.4, 0.5) is 8.78 Å². The molecule has 0 spiro atoms. The normalized spacial score (nSPS) is 12.6. The number of hydrogen-bond donors (Lipinski definition) is 2. The van der Waals surface area contributed by atoms with Gasteiger partial charge in [0.15, 0.2) is 0 Å². The Hall–Kier alpha value is -2.20. The molecular formula is C16H14ClF2N2+. The number of hydrogen-bond acceptors (Lipinski definition) is 1. The Balaban J connectivity index is 2.38. The van der Waals surface area contributed by atoms with Crippen molar-refractivity contribution in [1.82, 2.24) is 0 Å². The van der Waals surface area contributed by atoms with E-state index in [1.165, 1.54) is 12.1 Å². The predicted molar refractivity (Wildman–Crippen MR) is 81.0 cm³/mol. The SMILES string of the molecule is C[NH+]=C(C=C(N)c1ccc(Cl)cc1)c1ccc(F)cc1F. The summed E-state index contributed by atoms with van der Waals surface area (Å²) in [7, 11) is 1.64. The van der Waals surface area contributed by atoms with E-state index in [2.05, 4.69) is 4.99 Å². The summed E-state index contributed by atoms with van der Waals surface area (Å²) in [6.07, 6.45) is 1.60. The van der Waals surface area contributed by atoms with Crippen LogP contribution in [0, 0.1) is 11.6 Å². The van der Waals surface area contributed by atoms with E-state index >= 15 is 0 Å². The van der Waals surface area contributed by atoms with E-state index in [1.807, 2.05) is 0 Å². The molecule has 3 N–H and O–H groups in total. The van der Waals surface area contributed by atoms with Crippen molar-refractivity contribution in [2.45, 2.75) is 0 Å². The van der Waals surface area contributed by atoms with Crippen LogP contribution in [-0.4, -0.2) is 12.8 Å². The van der Waals surface area contributed by atoms with Gasteiger partial charge < -0.3 is 5.73 Å². The van der Waals surface area contributed by atoms with Crippen LogP contribution in [0.15, 0.2) is 48.5 Å². The fraction of sp³-hybridized carbons (Fsp3) is 0.0625. The molecule has 0 heterocycles. The van der Waals surface area contributed by atoms with E-state index in [9.17, 15) is 8.78 Å². The van der Waals surface area contributed by atoms with Gasteiger partial charge in [-0.15, -0.1) is 0 Å². The molecule has 5 heteroatoms. The highest BCUT2D eigenvalue weighted by Crippen LogP contribution is 2.15. The molecule has 21 heavy (non-hydrogen) atoms. The number of allylic oxidation sites excluding steroid dienone is 1. The molecule has 0 radical (unpaired) electrons. The van der Waals surface area contributed by atoms with E-state index in [4.69, 9.17) is 17.3 Å². The summed E-state index contributed by atoms with van der Waals surface area (Å²) in [5.74, 6) is -1.28. The molecular weight excluding hydrogens is 294 g/mol. The average Bonchev–Trinajstić information content (AvgIpc) is 2.46. The highest BCUT2D eigenvalue weighted by Gasteiger charge is 2.13. The second-order valence-corrected chi connectivity index (χ2v) is 4.83. The Labute approximate surface area is 126 Å². The Morgan fingerprint density at radius 3 is 2.38 bits per heavy atom. The second-order valence-electron chi connectivity index (χ2n) is 4.39. The monoisotopic (exact) mass is 307 g/mol. The Bertz CT molecular complexity index is 707. The zero-order chi connectivity index (χ0) is 15.4. The average molecular weight is 308 g/mol. The van der Waals surface area contributed by atoms with Crippen molar-refractivity contribution < 1.29 is 13.8 Å². The van der Waals surface area contributed by atoms with Crippen molar-refractivity contribution in [2.75, 3.05) is 7.05 Å². The van der Waals surface area contributed by atoms with Crippen LogP contribution in [0.1, 0.15) is 11.1 Å². The zero-order valence-corrected chi connectivity index (χ0v) is 12.1. The van der Waals surface area contributed by atoms with Gasteiger partial charge in [-0.1, -0.05) is 23.7 Å². The van der Waals surface area contributed by atoms with Gasteiger partial charge in [-0.25, -0.2) is 13.8 Å². The van der Waals surface area contributed by atoms with Gasteiger partial charge in [-0.2, -0.15) is 0 Å². The first-order chi connectivity index (χ1) is 10.0. The third-order valence-electron chi connectivity index (χ3n) is 2.97. The van der Waals surface area contributed by atoms with Crippen LogP contribution in [-0.2, 0) is 0 Å². The Morgan fingerprint density at radius 1 is 1.14 bits per heavy atom. The molecule has 0 atom stereocenters. The van der Waals surface area contributed by atoms with E-state index in [0.29, 0.717) is 16.4 Å². The lowest BCUT2D eigenvalue weighted by molar-refractivity contribution is -0.418. The Morgan fingerprint density at radius 2 is 1.81 bits per heavy atom. The van der Waals surface area contributed by atoms with Gasteiger partial charge in [0.2, 0.25) is 5.71 Å². The van der Waals surface area contributed by atoms with Crippen LogP contribution in [0.3, 0.4) is 0 Å². The van der Waals surface area contributed by atoms with Crippen molar-refractivity contribution in [3.8, 4) is 0 Å². The first-order valence-electron chi connectivity index (χ1n) is 6.24. The van der Waals surface area contributed by atoms with Gasteiger partial charge in [0, 0.05) is 22.9 Å². The van der Waals surface area contributed by atoms with E-state index in [-0.39, 0.29) is 5.56 Å². The largest absolute Gasteiger partial charge is 0.398 e. The van der Waals surface area contributed by atoms with E-state index < -0.39 is 11.6 Å². The molecule has 0 aliphatic carbocycles. The molecule has 0 aliphatic heterocycles. The lowest BCUT2D eigenvalue weighted by Gasteiger charge is -2.03. The standard InChI is InChI=1S/C16H13ClF2N2/c1-21-16(13-7-6-12(18)8-14(13)19)9-15(20)10-2-4-11(17)5-3-10/h2-9H,20H2,1H3/p+1. The predicted octanol–water partition coefficient (Wildman–Crippen LogP) is 2.12. The van der Waals surface area contributed by atoms with Crippen molar-refractivity contribution in [3.05, 3.63) is 76.3 Å². The summed E-state index contributed by atoms with van der Waals surface area (Å²) in [5.41, 5.74) is 7.91. The summed E-state index contributed by atoms with van der Waals surface area (Å²) >= 11 is 5.82. The maximum atomic E-state index is 13.8. The third-order valence-corrected chi connectivity index (χ3v) is 3.22. The maximum absolute atomic E-state index is 13.8. The number of halogens is 3. The summed E-state index contributed by atoms with van der Waals surface area (Å²) in [6, 6.07) is 10.4. The highest BCUT2D eigenvalue weighted by atomic mass is 35.5. The molecule has 108 valence electrons. The fourth-order valence-corrected chi connectivity index (χ4v) is 2.00. The number of rotatable bonds is 3. The molecule has 0 bridgehead atoms. The summed E-state index contributed by atoms with van der Waals surface area (Å²) in [4.78, 5) is 2.86. The van der Waals surface area contributed by atoms with Crippen LogP contribution < -0.4 is 10.7 Å². The van der Waals surface area contributed by atoms with Crippen LogP contribution in [0.5, 0.6) is 0 Å². The van der Waals surface area contributed by atoms with Gasteiger partial charge in [-0.3, -0.25) is 0 Å². The Kier molecular flexibility index (Phi) is 4.70. The molecule has 0 saturated carbocycles. The highest BCUT2D eigenvalue weighted by molar-refractivity contribution is 6.30. The summed E-state index contributed by atoms with van der Waals surface area (Å²) in [5, 5.41) is 0.606. The minimum Gasteiger partial charge on any atom is -0.398 e. The smallest absolute Gasteiger partial charge is 0.210 e. The summed E-state index contributed by atoms with van der Waals surface area (Å²) < 4.78 is 26.8. The minimum absolute atomic E-state index is 0.246. The van der Waals surface area contributed by atoms with Crippen LogP contribution >= 0.6 is 11.6 Å². The van der Waals surface area contributed by atoms with E-state index in [1.54, 1.807) is 37.4 Å². The van der Waals surface area contributed by atoms with E-state index in [0.717, 1.165) is 11.6 Å². The minimum atomic E-state index is -0.653. The first-order valence-corrected chi connectivity index (χ1v) is 6.62. The lowest BCUT2D eigenvalue weighted by atomic mass is 10.1. The molecule has 0 fully saturated rings. The molecule has 2 rings (SSSR count). The van der Waals surface area contributed by atoms with Crippen LogP contribution in [0.2, 0.25) is 5.02 Å². The second kappa shape index (κ2) is 6.50. The first kappa shape index (κ1) is 15.2. The van der Waals surface area contributed by atoms with Crippen molar-refractivity contribution in [2.24, 2.45) is 5.73 Å². The quantitative estimate of drug-likeness (QED) is 0.838. The lowest BCUT2D eigenvalue weighted by Crippen LogP contribution is -2.67. The maximum Gasteiger partial charge on any atom is 0.210 e. The molecule has 0 amide bonds. The molecule has 2 aromatic carbocycles. The molecule has 2 nitrogen and oxygen atoms in total.